The van der Waals surface area contributed by atoms with E-state index in [9.17, 15) is 0 Å². The van der Waals surface area contributed by atoms with Crippen molar-refractivity contribution in [3.05, 3.63) is 99.9 Å². The number of ether oxygens (including phenoxy) is 1. The summed E-state index contributed by atoms with van der Waals surface area (Å²) >= 11 is 0. The Morgan fingerprint density at radius 1 is 0.759 bits per heavy atom. The molecule has 1 aliphatic rings. The zero-order valence-corrected chi connectivity index (χ0v) is 16.6. The normalized spacial score (nSPS) is 12.4. The fourth-order valence-corrected chi connectivity index (χ4v) is 3.16. The molecule has 0 N–H and O–H groups in total. The number of benzene rings is 3. The summed E-state index contributed by atoms with van der Waals surface area (Å²) in [5, 5.41) is 0. The SMILES string of the molecule is COc1ccc(C#Cc2ccc(C#Cc3ccc(C)cc3)c(F)c2C2CC2)cc1. The molecule has 29 heavy (non-hydrogen) atoms. The lowest BCUT2D eigenvalue weighted by molar-refractivity contribution is 0.415. The van der Waals surface area contributed by atoms with Gasteiger partial charge in [0.05, 0.1) is 12.7 Å². The first-order valence-electron chi connectivity index (χ1n) is 9.71. The lowest BCUT2D eigenvalue weighted by atomic mass is 9.98. The second-order valence-electron chi connectivity index (χ2n) is 7.26. The predicted molar refractivity (Wildman–Crippen MR) is 115 cm³/mol. The molecule has 142 valence electrons. The summed E-state index contributed by atoms with van der Waals surface area (Å²) < 4.78 is 20.4. The molecule has 0 bridgehead atoms. The molecule has 0 spiro atoms. The maximum atomic E-state index is 15.2. The summed E-state index contributed by atoms with van der Waals surface area (Å²) in [5.74, 6) is 13.2. The van der Waals surface area contributed by atoms with Crippen LogP contribution in [0.3, 0.4) is 0 Å². The molecule has 0 radical (unpaired) electrons. The zero-order chi connectivity index (χ0) is 20.2. The minimum Gasteiger partial charge on any atom is -0.497 e. The van der Waals surface area contributed by atoms with E-state index in [0.717, 1.165) is 35.3 Å². The molecule has 3 aromatic carbocycles. The highest BCUT2D eigenvalue weighted by atomic mass is 19.1. The summed E-state index contributed by atoms with van der Waals surface area (Å²) in [6, 6.07) is 19.1. The highest BCUT2D eigenvalue weighted by molar-refractivity contribution is 5.54. The largest absolute Gasteiger partial charge is 0.497 e. The average Bonchev–Trinajstić information content (AvgIpc) is 3.58. The smallest absolute Gasteiger partial charge is 0.143 e. The van der Waals surface area contributed by atoms with E-state index >= 15 is 4.39 Å². The van der Waals surface area contributed by atoms with Crippen molar-refractivity contribution >= 4 is 0 Å². The molecule has 1 fully saturated rings. The van der Waals surface area contributed by atoms with Crippen LogP contribution in [0.2, 0.25) is 0 Å². The second-order valence-corrected chi connectivity index (χ2v) is 7.26. The van der Waals surface area contributed by atoms with E-state index in [2.05, 4.69) is 23.7 Å². The predicted octanol–water partition coefficient (Wildman–Crippen LogP) is 5.82. The third kappa shape index (κ3) is 4.50. The molecule has 1 nitrogen and oxygen atoms in total. The van der Waals surface area contributed by atoms with Crippen molar-refractivity contribution in [2.24, 2.45) is 0 Å². The van der Waals surface area contributed by atoms with Crippen LogP contribution in [-0.2, 0) is 0 Å². The Labute approximate surface area is 171 Å². The van der Waals surface area contributed by atoms with Gasteiger partial charge in [0.1, 0.15) is 11.6 Å². The van der Waals surface area contributed by atoms with E-state index in [1.54, 1.807) is 13.2 Å². The molecular formula is C27H21FO. The van der Waals surface area contributed by atoms with E-state index in [1.165, 1.54) is 5.56 Å². The molecule has 0 amide bonds. The number of rotatable bonds is 2. The Morgan fingerprint density at radius 3 is 1.90 bits per heavy atom. The van der Waals surface area contributed by atoms with Gasteiger partial charge in [0.2, 0.25) is 0 Å². The molecule has 0 aliphatic heterocycles. The fraction of sp³-hybridized carbons (Fsp3) is 0.185. The molecule has 4 rings (SSSR count). The number of methoxy groups -OCH3 is 1. The lowest BCUT2D eigenvalue weighted by Gasteiger charge is -2.07. The Bertz CT molecular complexity index is 1150. The summed E-state index contributed by atoms with van der Waals surface area (Å²) in [4.78, 5) is 0. The monoisotopic (exact) mass is 380 g/mol. The lowest BCUT2D eigenvalue weighted by Crippen LogP contribution is -1.97. The first kappa shape index (κ1) is 18.9. The second kappa shape index (κ2) is 8.26. The van der Waals surface area contributed by atoms with Crippen LogP contribution >= 0.6 is 0 Å². The van der Waals surface area contributed by atoms with Crippen molar-refractivity contribution in [1.82, 2.24) is 0 Å². The van der Waals surface area contributed by atoms with Gasteiger partial charge in [-0.25, -0.2) is 4.39 Å². The maximum absolute atomic E-state index is 15.2. The number of halogens is 1. The van der Waals surface area contributed by atoms with Gasteiger partial charge in [-0.05, 0) is 74.2 Å². The molecular weight excluding hydrogens is 359 g/mol. The van der Waals surface area contributed by atoms with Gasteiger partial charge in [-0.1, -0.05) is 41.4 Å². The van der Waals surface area contributed by atoms with Crippen molar-refractivity contribution in [3.63, 3.8) is 0 Å². The van der Waals surface area contributed by atoms with Gasteiger partial charge in [0, 0.05) is 22.3 Å². The van der Waals surface area contributed by atoms with E-state index in [-0.39, 0.29) is 11.7 Å². The molecule has 0 aromatic heterocycles. The number of hydrogen-bond acceptors (Lipinski definition) is 1. The number of aryl methyl sites for hydroxylation is 1. The van der Waals surface area contributed by atoms with Crippen LogP contribution in [-0.4, -0.2) is 7.11 Å². The molecule has 3 aromatic rings. The van der Waals surface area contributed by atoms with Crippen molar-refractivity contribution in [1.29, 1.82) is 0 Å². The minimum atomic E-state index is -0.228. The summed E-state index contributed by atoms with van der Waals surface area (Å²) in [6.45, 7) is 2.03. The highest BCUT2D eigenvalue weighted by Gasteiger charge is 2.29. The van der Waals surface area contributed by atoms with Gasteiger partial charge in [-0.15, -0.1) is 0 Å². The van der Waals surface area contributed by atoms with Gasteiger partial charge in [0.25, 0.3) is 0 Å². The van der Waals surface area contributed by atoms with Crippen LogP contribution in [0.1, 0.15) is 52.1 Å². The van der Waals surface area contributed by atoms with Gasteiger partial charge in [-0.3, -0.25) is 0 Å². The van der Waals surface area contributed by atoms with Gasteiger partial charge in [-0.2, -0.15) is 0 Å². The topological polar surface area (TPSA) is 9.23 Å². The maximum Gasteiger partial charge on any atom is 0.143 e. The zero-order valence-electron chi connectivity index (χ0n) is 16.6. The van der Waals surface area contributed by atoms with Crippen LogP contribution in [0.5, 0.6) is 5.75 Å². The van der Waals surface area contributed by atoms with Crippen molar-refractivity contribution in [3.8, 4) is 29.4 Å². The summed E-state index contributed by atoms with van der Waals surface area (Å²) in [5.41, 5.74) is 4.82. The minimum absolute atomic E-state index is 0.228. The standard InChI is InChI=1S/C27H21FO/c1-19-3-5-20(6-4-19)8-12-24-16-15-22(26(27(24)28)23-13-14-23)11-7-21-9-17-25(29-2)18-10-21/h3-6,9-10,15-18,23H,13-14H2,1-2H3. The van der Waals surface area contributed by atoms with Crippen LogP contribution in [0.25, 0.3) is 0 Å². The Hall–Kier alpha value is -3.49. The first-order chi connectivity index (χ1) is 14.1. The Balaban J connectivity index is 1.66. The van der Waals surface area contributed by atoms with E-state index in [4.69, 9.17) is 4.74 Å². The summed E-state index contributed by atoms with van der Waals surface area (Å²) in [6.07, 6.45) is 2.01. The molecule has 1 aliphatic carbocycles. The molecule has 0 atom stereocenters. The van der Waals surface area contributed by atoms with Crippen LogP contribution in [0.15, 0.2) is 60.7 Å². The van der Waals surface area contributed by atoms with E-state index in [0.29, 0.717) is 11.1 Å². The Morgan fingerprint density at radius 2 is 1.31 bits per heavy atom. The van der Waals surface area contributed by atoms with Crippen LogP contribution in [0.4, 0.5) is 4.39 Å². The van der Waals surface area contributed by atoms with Crippen molar-refractivity contribution < 1.29 is 9.13 Å². The van der Waals surface area contributed by atoms with E-state index < -0.39 is 0 Å². The third-order valence-electron chi connectivity index (χ3n) is 4.99. The van der Waals surface area contributed by atoms with Gasteiger partial charge in [0.15, 0.2) is 0 Å². The molecule has 0 heterocycles. The molecule has 0 saturated heterocycles. The molecule has 0 unspecified atom stereocenters. The average molecular weight is 380 g/mol. The third-order valence-corrected chi connectivity index (χ3v) is 4.99. The van der Waals surface area contributed by atoms with Crippen LogP contribution in [0, 0.1) is 36.4 Å². The van der Waals surface area contributed by atoms with Gasteiger partial charge >= 0.3 is 0 Å². The van der Waals surface area contributed by atoms with Crippen molar-refractivity contribution in [2.75, 3.05) is 7.11 Å². The summed E-state index contributed by atoms with van der Waals surface area (Å²) in [7, 11) is 1.63. The number of hydrogen-bond donors (Lipinski definition) is 0. The molecule has 1 saturated carbocycles. The first-order valence-corrected chi connectivity index (χ1v) is 9.71. The quantitative estimate of drug-likeness (QED) is 0.509. The van der Waals surface area contributed by atoms with Gasteiger partial charge < -0.3 is 4.74 Å². The fourth-order valence-electron chi connectivity index (χ4n) is 3.16. The Kier molecular flexibility index (Phi) is 5.37. The van der Waals surface area contributed by atoms with Crippen molar-refractivity contribution in [2.45, 2.75) is 25.7 Å². The molecule has 2 heteroatoms. The van der Waals surface area contributed by atoms with E-state index in [1.807, 2.05) is 61.5 Å². The highest BCUT2D eigenvalue weighted by Crippen LogP contribution is 2.43. The van der Waals surface area contributed by atoms with Crippen LogP contribution < -0.4 is 4.74 Å².